The molecule has 1 fully saturated rings. The van der Waals surface area contributed by atoms with Crippen LogP contribution in [0.2, 0.25) is 0 Å². The number of aromatic nitrogens is 1. The molecule has 4 rings (SSSR count). The molecule has 0 radical (unpaired) electrons. The fraction of sp³-hybridized carbons (Fsp3) is 0.333. The van der Waals surface area contributed by atoms with Crippen molar-refractivity contribution in [2.75, 3.05) is 18.4 Å². The molecule has 27 heavy (non-hydrogen) atoms. The fourth-order valence-corrected chi connectivity index (χ4v) is 6.96. The molecule has 1 saturated heterocycles. The van der Waals surface area contributed by atoms with E-state index in [9.17, 15) is 13.2 Å². The number of amides is 1. The maximum Gasteiger partial charge on any atom is 0.268 e. The fourth-order valence-electron chi connectivity index (χ4n) is 3.20. The Morgan fingerprint density at radius 2 is 1.96 bits per heavy atom. The lowest BCUT2D eigenvalue weighted by molar-refractivity contribution is 0.102. The van der Waals surface area contributed by atoms with E-state index in [1.807, 2.05) is 25.1 Å². The van der Waals surface area contributed by atoms with E-state index in [4.69, 9.17) is 0 Å². The number of thiazole rings is 1. The van der Waals surface area contributed by atoms with E-state index in [1.165, 1.54) is 21.7 Å². The maximum atomic E-state index is 13.0. The van der Waals surface area contributed by atoms with Gasteiger partial charge < -0.3 is 0 Å². The van der Waals surface area contributed by atoms with Crippen molar-refractivity contribution >= 4 is 54.0 Å². The summed E-state index contributed by atoms with van der Waals surface area (Å²) in [5, 5.41) is 4.89. The van der Waals surface area contributed by atoms with Gasteiger partial charge in [0.1, 0.15) is 9.77 Å². The molecule has 0 aliphatic carbocycles. The first kappa shape index (κ1) is 18.5. The number of nitrogens with zero attached hydrogens (tertiary/aromatic N) is 2. The number of aryl methyl sites for hydroxylation is 1. The highest BCUT2D eigenvalue weighted by Crippen LogP contribution is 2.31. The topological polar surface area (TPSA) is 79.4 Å². The Balaban J connectivity index is 1.61. The molecule has 1 aliphatic rings. The molecule has 3 heterocycles. The summed E-state index contributed by atoms with van der Waals surface area (Å²) in [6.45, 7) is 2.99. The van der Waals surface area contributed by atoms with Crippen molar-refractivity contribution in [3.63, 3.8) is 0 Å². The van der Waals surface area contributed by atoms with Gasteiger partial charge in [-0.05, 0) is 42.8 Å². The van der Waals surface area contributed by atoms with Crippen LogP contribution < -0.4 is 5.32 Å². The van der Waals surface area contributed by atoms with Gasteiger partial charge >= 0.3 is 0 Å². The van der Waals surface area contributed by atoms with Gasteiger partial charge in [0, 0.05) is 13.1 Å². The number of nitrogens with one attached hydrogen (secondary N) is 1. The van der Waals surface area contributed by atoms with Gasteiger partial charge in [-0.25, -0.2) is 13.4 Å². The van der Waals surface area contributed by atoms with E-state index in [2.05, 4.69) is 10.3 Å². The number of para-hydroxylation sites is 1. The summed E-state index contributed by atoms with van der Waals surface area (Å²) in [6, 6.07) is 7.39. The van der Waals surface area contributed by atoms with Gasteiger partial charge in [0.25, 0.3) is 5.91 Å². The predicted molar refractivity (Wildman–Crippen MR) is 109 cm³/mol. The second-order valence-electron chi connectivity index (χ2n) is 6.47. The normalized spacial score (nSPS) is 15.9. The summed E-state index contributed by atoms with van der Waals surface area (Å²) in [5.41, 5.74) is 1.89. The molecule has 2 aromatic heterocycles. The smallest absolute Gasteiger partial charge is 0.268 e. The molecule has 1 N–H and O–H groups in total. The summed E-state index contributed by atoms with van der Waals surface area (Å²) in [7, 11) is -3.65. The Morgan fingerprint density at radius 3 is 2.70 bits per heavy atom. The second-order valence-corrected chi connectivity index (χ2v) is 10.3. The second kappa shape index (κ2) is 7.31. The summed E-state index contributed by atoms with van der Waals surface area (Å²) in [6.07, 6.45) is 2.76. The molecule has 0 unspecified atom stereocenters. The number of sulfonamides is 1. The molecule has 0 spiro atoms. The van der Waals surface area contributed by atoms with Gasteiger partial charge in [-0.3, -0.25) is 10.1 Å². The molecular weight excluding hydrogens is 402 g/mol. The van der Waals surface area contributed by atoms with E-state index in [0.29, 0.717) is 18.2 Å². The van der Waals surface area contributed by atoms with Gasteiger partial charge in [-0.15, -0.1) is 11.3 Å². The highest BCUT2D eigenvalue weighted by atomic mass is 32.2. The van der Waals surface area contributed by atoms with E-state index in [1.54, 1.807) is 5.38 Å². The SMILES string of the molecule is Cc1cccc2sc(NC(=O)c3sccc3S(=O)(=O)N3CCCCC3)nc12. The van der Waals surface area contributed by atoms with Crippen LogP contribution in [0.15, 0.2) is 34.5 Å². The van der Waals surface area contributed by atoms with Crippen LogP contribution in [0.4, 0.5) is 5.13 Å². The number of hydrogen-bond donors (Lipinski definition) is 1. The van der Waals surface area contributed by atoms with Crippen LogP contribution in [0.25, 0.3) is 10.2 Å². The summed E-state index contributed by atoms with van der Waals surface area (Å²) < 4.78 is 28.4. The van der Waals surface area contributed by atoms with E-state index < -0.39 is 15.9 Å². The lowest BCUT2D eigenvalue weighted by Gasteiger charge is -2.25. The zero-order valence-corrected chi connectivity index (χ0v) is 17.2. The first-order chi connectivity index (χ1) is 13.0. The zero-order chi connectivity index (χ0) is 19.0. The molecule has 9 heteroatoms. The number of carbonyl (C=O) groups is 1. The standard InChI is InChI=1S/C18H19N3O3S3/c1-12-6-5-7-13-15(12)19-18(26-13)20-17(22)16-14(8-11-25-16)27(23,24)21-9-3-2-4-10-21/h5-8,11H,2-4,9-10H2,1H3,(H,19,20,22). The average molecular weight is 422 g/mol. The van der Waals surface area contributed by atoms with E-state index in [0.717, 1.165) is 46.4 Å². The molecule has 3 aromatic rings. The van der Waals surface area contributed by atoms with Crippen molar-refractivity contribution in [3.05, 3.63) is 40.1 Å². The number of rotatable bonds is 4. The first-order valence-electron chi connectivity index (χ1n) is 8.72. The van der Waals surface area contributed by atoms with Crippen LogP contribution in [-0.4, -0.2) is 36.7 Å². The Bertz CT molecular complexity index is 1100. The Kier molecular flexibility index (Phi) is 5.02. The number of anilines is 1. The molecule has 1 aromatic carbocycles. The van der Waals surface area contributed by atoms with Crippen molar-refractivity contribution in [3.8, 4) is 0 Å². The zero-order valence-electron chi connectivity index (χ0n) is 14.8. The minimum atomic E-state index is -3.65. The van der Waals surface area contributed by atoms with Gasteiger partial charge in [-0.2, -0.15) is 4.31 Å². The third-order valence-electron chi connectivity index (χ3n) is 4.61. The van der Waals surface area contributed by atoms with Crippen LogP contribution in [0, 0.1) is 6.92 Å². The number of thiophene rings is 1. The van der Waals surface area contributed by atoms with Crippen LogP contribution in [-0.2, 0) is 10.0 Å². The number of hydrogen-bond acceptors (Lipinski definition) is 6. The maximum absolute atomic E-state index is 13.0. The van der Waals surface area contributed by atoms with Gasteiger partial charge in [0.05, 0.1) is 10.2 Å². The molecule has 0 atom stereocenters. The number of benzene rings is 1. The van der Waals surface area contributed by atoms with Gasteiger partial charge in [0.2, 0.25) is 10.0 Å². The van der Waals surface area contributed by atoms with Gasteiger partial charge in [-0.1, -0.05) is 29.9 Å². The molecule has 6 nitrogen and oxygen atoms in total. The lowest BCUT2D eigenvalue weighted by atomic mass is 10.2. The Labute approximate surface area is 165 Å². The van der Waals surface area contributed by atoms with Crippen LogP contribution in [0.1, 0.15) is 34.5 Å². The molecule has 1 amide bonds. The van der Waals surface area contributed by atoms with Crippen molar-refractivity contribution in [1.29, 1.82) is 0 Å². The monoisotopic (exact) mass is 421 g/mol. The number of carbonyl (C=O) groups excluding carboxylic acids is 1. The van der Waals surface area contributed by atoms with Crippen molar-refractivity contribution in [1.82, 2.24) is 9.29 Å². The molecule has 1 aliphatic heterocycles. The number of fused-ring (bicyclic) bond motifs is 1. The van der Waals surface area contributed by atoms with Crippen molar-refractivity contribution in [2.45, 2.75) is 31.1 Å². The highest BCUT2D eigenvalue weighted by molar-refractivity contribution is 7.89. The van der Waals surface area contributed by atoms with Crippen molar-refractivity contribution < 1.29 is 13.2 Å². The van der Waals surface area contributed by atoms with Crippen molar-refractivity contribution in [2.24, 2.45) is 0 Å². The average Bonchev–Trinajstić information content (AvgIpc) is 3.30. The first-order valence-corrected chi connectivity index (χ1v) is 11.9. The van der Waals surface area contributed by atoms with E-state index >= 15 is 0 Å². The number of piperidine rings is 1. The molecule has 142 valence electrons. The molecule has 0 saturated carbocycles. The molecular formula is C18H19N3O3S3. The van der Waals surface area contributed by atoms with Gasteiger partial charge in [0.15, 0.2) is 5.13 Å². The Hall–Kier alpha value is -1.81. The summed E-state index contributed by atoms with van der Waals surface area (Å²) >= 11 is 2.52. The minimum Gasteiger partial charge on any atom is -0.297 e. The summed E-state index contributed by atoms with van der Waals surface area (Å²) in [4.78, 5) is 17.5. The minimum absolute atomic E-state index is 0.0872. The lowest BCUT2D eigenvalue weighted by Crippen LogP contribution is -2.36. The highest BCUT2D eigenvalue weighted by Gasteiger charge is 2.31. The third kappa shape index (κ3) is 3.52. The largest absolute Gasteiger partial charge is 0.297 e. The van der Waals surface area contributed by atoms with Crippen LogP contribution >= 0.6 is 22.7 Å². The predicted octanol–water partition coefficient (Wildman–Crippen LogP) is 4.09. The van der Waals surface area contributed by atoms with Crippen LogP contribution in [0.5, 0.6) is 0 Å². The molecule has 0 bridgehead atoms. The third-order valence-corrected chi connectivity index (χ3v) is 8.53. The summed E-state index contributed by atoms with van der Waals surface area (Å²) in [5.74, 6) is -0.433. The quantitative estimate of drug-likeness (QED) is 0.688. The van der Waals surface area contributed by atoms with E-state index in [-0.39, 0.29) is 9.77 Å². The van der Waals surface area contributed by atoms with Crippen LogP contribution in [0.3, 0.4) is 0 Å². The Morgan fingerprint density at radius 1 is 1.19 bits per heavy atom.